The second-order valence-electron chi connectivity index (χ2n) is 3.75. The minimum Gasteiger partial charge on any atom is -0.394 e. The third kappa shape index (κ3) is 6.22. The van der Waals surface area contributed by atoms with E-state index in [0.29, 0.717) is 12.3 Å². The van der Waals surface area contributed by atoms with Crippen molar-refractivity contribution in [3.8, 4) is 0 Å². The molecule has 0 spiro atoms. The van der Waals surface area contributed by atoms with E-state index in [1.54, 1.807) is 0 Å². The quantitative estimate of drug-likeness (QED) is 0.506. The Morgan fingerprint density at radius 1 is 1.43 bits per heavy atom. The summed E-state index contributed by atoms with van der Waals surface area (Å²) in [6, 6.07) is -0.126. The van der Waals surface area contributed by atoms with E-state index in [4.69, 9.17) is 16.7 Å². The number of halogens is 1. The fourth-order valence-electron chi connectivity index (χ4n) is 1.08. The maximum Gasteiger partial charge on any atom is 0.220 e. The molecule has 1 amide bonds. The molecule has 0 rings (SSSR count). The predicted molar refractivity (Wildman–Crippen MR) is 58.4 cm³/mol. The number of hydrogen-bond donors (Lipinski definition) is 2. The summed E-state index contributed by atoms with van der Waals surface area (Å²) in [6.45, 7) is 3.94. The van der Waals surface area contributed by atoms with Crippen molar-refractivity contribution in [2.75, 3.05) is 12.5 Å². The zero-order chi connectivity index (χ0) is 11.0. The first-order valence-electron chi connectivity index (χ1n) is 5.08. The molecule has 1 atom stereocenters. The number of aliphatic hydroxyl groups is 1. The average Bonchev–Trinajstić information content (AvgIpc) is 2.14. The monoisotopic (exact) mass is 221 g/mol. The molecule has 0 aromatic carbocycles. The van der Waals surface area contributed by atoms with Gasteiger partial charge in [0.1, 0.15) is 0 Å². The van der Waals surface area contributed by atoms with Crippen molar-refractivity contribution in [3.63, 3.8) is 0 Å². The maximum atomic E-state index is 11.3. The van der Waals surface area contributed by atoms with Crippen LogP contribution in [-0.4, -0.2) is 29.5 Å². The molecule has 3 nitrogen and oxygen atoms in total. The summed E-state index contributed by atoms with van der Waals surface area (Å²) in [4.78, 5) is 11.3. The Labute approximate surface area is 90.8 Å². The highest BCUT2D eigenvalue weighted by atomic mass is 35.5. The Bertz CT molecular complexity index is 162. The molecule has 0 aromatic heterocycles. The van der Waals surface area contributed by atoms with Gasteiger partial charge in [-0.1, -0.05) is 13.8 Å². The van der Waals surface area contributed by atoms with Crippen molar-refractivity contribution in [1.82, 2.24) is 5.32 Å². The van der Waals surface area contributed by atoms with Gasteiger partial charge in [-0.15, -0.1) is 11.6 Å². The van der Waals surface area contributed by atoms with Crippen molar-refractivity contribution in [3.05, 3.63) is 0 Å². The van der Waals surface area contributed by atoms with Crippen molar-refractivity contribution in [1.29, 1.82) is 0 Å². The molecule has 0 fully saturated rings. The summed E-state index contributed by atoms with van der Waals surface area (Å²) in [5.74, 6) is 0.862. The molecule has 0 aliphatic rings. The minimum atomic E-state index is -0.126. The van der Waals surface area contributed by atoms with Crippen LogP contribution in [0.25, 0.3) is 0 Å². The molecule has 0 radical (unpaired) electrons. The number of carbonyl (C=O) groups is 1. The molecule has 0 aromatic rings. The number of amides is 1. The first-order valence-corrected chi connectivity index (χ1v) is 5.61. The lowest BCUT2D eigenvalue weighted by atomic mass is 10.1. The number of carbonyl (C=O) groups excluding carboxylic acids is 1. The summed E-state index contributed by atoms with van der Waals surface area (Å²) in [6.07, 6.45) is 2.17. The number of rotatable bonds is 7. The maximum absolute atomic E-state index is 11.3. The molecular weight excluding hydrogens is 202 g/mol. The molecule has 0 aliphatic carbocycles. The van der Waals surface area contributed by atoms with Gasteiger partial charge in [0.2, 0.25) is 5.91 Å². The van der Waals surface area contributed by atoms with Gasteiger partial charge in [-0.3, -0.25) is 4.79 Å². The molecule has 0 bridgehead atoms. The van der Waals surface area contributed by atoms with Crippen LogP contribution in [0.1, 0.15) is 33.1 Å². The molecule has 1 unspecified atom stereocenters. The number of hydrogen-bond acceptors (Lipinski definition) is 2. The van der Waals surface area contributed by atoms with E-state index in [-0.39, 0.29) is 24.5 Å². The molecular formula is C10H20ClNO2. The van der Waals surface area contributed by atoms with E-state index in [2.05, 4.69) is 5.32 Å². The summed E-state index contributed by atoms with van der Waals surface area (Å²) in [5.41, 5.74) is 0. The number of aliphatic hydroxyl groups excluding tert-OH is 1. The zero-order valence-corrected chi connectivity index (χ0v) is 9.68. The summed E-state index contributed by atoms with van der Waals surface area (Å²) < 4.78 is 0. The number of unbranched alkanes of at least 4 members (excludes halogenated alkanes) is 1. The zero-order valence-electron chi connectivity index (χ0n) is 8.92. The Balaban J connectivity index is 3.68. The van der Waals surface area contributed by atoms with Gasteiger partial charge in [-0.2, -0.15) is 0 Å². The summed E-state index contributed by atoms with van der Waals surface area (Å²) in [7, 11) is 0. The highest BCUT2D eigenvalue weighted by Gasteiger charge is 2.14. The highest BCUT2D eigenvalue weighted by Crippen LogP contribution is 2.02. The van der Waals surface area contributed by atoms with Gasteiger partial charge in [0, 0.05) is 12.3 Å². The van der Waals surface area contributed by atoms with Gasteiger partial charge in [0.05, 0.1) is 12.6 Å². The van der Waals surface area contributed by atoms with Crippen molar-refractivity contribution < 1.29 is 9.90 Å². The molecule has 0 saturated carbocycles. The van der Waals surface area contributed by atoms with E-state index in [1.807, 2.05) is 13.8 Å². The van der Waals surface area contributed by atoms with Crippen LogP contribution < -0.4 is 5.32 Å². The second-order valence-corrected chi connectivity index (χ2v) is 4.12. The third-order valence-electron chi connectivity index (χ3n) is 2.14. The van der Waals surface area contributed by atoms with E-state index < -0.39 is 0 Å². The third-order valence-corrected chi connectivity index (χ3v) is 2.40. The van der Waals surface area contributed by atoms with Gasteiger partial charge >= 0.3 is 0 Å². The standard InChI is InChI=1S/C10H20ClNO2/c1-8(2)9(7-13)12-10(14)5-3-4-6-11/h8-9,13H,3-7H2,1-2H3,(H,12,14). The van der Waals surface area contributed by atoms with Gasteiger partial charge in [-0.25, -0.2) is 0 Å². The summed E-state index contributed by atoms with van der Waals surface area (Å²) >= 11 is 5.50. The van der Waals surface area contributed by atoms with Gasteiger partial charge in [-0.05, 0) is 18.8 Å². The molecule has 2 N–H and O–H groups in total. The fraction of sp³-hybridized carbons (Fsp3) is 0.900. The summed E-state index contributed by atoms with van der Waals surface area (Å²) in [5, 5.41) is 11.8. The van der Waals surface area contributed by atoms with Crippen LogP contribution in [0, 0.1) is 5.92 Å². The Morgan fingerprint density at radius 3 is 2.50 bits per heavy atom. The first kappa shape index (κ1) is 13.7. The number of nitrogens with one attached hydrogen (secondary N) is 1. The SMILES string of the molecule is CC(C)C(CO)NC(=O)CCCCCl. The van der Waals surface area contributed by atoms with Crippen LogP contribution in [0.5, 0.6) is 0 Å². The second kappa shape index (κ2) is 8.06. The topological polar surface area (TPSA) is 49.3 Å². The smallest absolute Gasteiger partial charge is 0.220 e. The lowest BCUT2D eigenvalue weighted by Crippen LogP contribution is -2.41. The van der Waals surface area contributed by atoms with Gasteiger partial charge in [0.15, 0.2) is 0 Å². The molecule has 84 valence electrons. The van der Waals surface area contributed by atoms with Crippen LogP contribution in [0.2, 0.25) is 0 Å². The first-order chi connectivity index (χ1) is 6.61. The Kier molecular flexibility index (Phi) is 7.90. The largest absolute Gasteiger partial charge is 0.394 e. The van der Waals surface area contributed by atoms with E-state index >= 15 is 0 Å². The average molecular weight is 222 g/mol. The molecule has 14 heavy (non-hydrogen) atoms. The predicted octanol–water partition coefficient (Wildman–Crippen LogP) is 1.53. The lowest BCUT2D eigenvalue weighted by Gasteiger charge is -2.19. The Morgan fingerprint density at radius 2 is 2.07 bits per heavy atom. The van der Waals surface area contributed by atoms with Crippen molar-refractivity contribution in [2.45, 2.75) is 39.2 Å². The van der Waals surface area contributed by atoms with Crippen LogP contribution >= 0.6 is 11.6 Å². The Hall–Kier alpha value is -0.280. The molecule has 0 saturated heterocycles. The van der Waals surface area contributed by atoms with E-state index in [9.17, 15) is 4.79 Å². The van der Waals surface area contributed by atoms with Gasteiger partial charge in [0.25, 0.3) is 0 Å². The van der Waals surface area contributed by atoms with E-state index in [0.717, 1.165) is 12.8 Å². The fourth-order valence-corrected chi connectivity index (χ4v) is 1.27. The van der Waals surface area contributed by atoms with Gasteiger partial charge < -0.3 is 10.4 Å². The molecule has 0 heterocycles. The normalized spacial score (nSPS) is 12.9. The number of alkyl halides is 1. The lowest BCUT2D eigenvalue weighted by molar-refractivity contribution is -0.122. The highest BCUT2D eigenvalue weighted by molar-refractivity contribution is 6.17. The van der Waals surface area contributed by atoms with Crippen molar-refractivity contribution >= 4 is 17.5 Å². The molecule has 4 heteroatoms. The minimum absolute atomic E-state index is 0.00108. The van der Waals surface area contributed by atoms with Crippen molar-refractivity contribution in [2.24, 2.45) is 5.92 Å². The van der Waals surface area contributed by atoms with E-state index in [1.165, 1.54) is 0 Å². The van der Waals surface area contributed by atoms with Crippen LogP contribution in [0.4, 0.5) is 0 Å². The molecule has 0 aliphatic heterocycles. The van der Waals surface area contributed by atoms with Crippen LogP contribution in [0.15, 0.2) is 0 Å². The van der Waals surface area contributed by atoms with Crippen LogP contribution in [0.3, 0.4) is 0 Å². The van der Waals surface area contributed by atoms with Crippen LogP contribution in [-0.2, 0) is 4.79 Å².